The number of hydrogen-bond donors (Lipinski definition) is 5. The van der Waals surface area contributed by atoms with Crippen LogP contribution in [-0.2, 0) is 29.8 Å². The van der Waals surface area contributed by atoms with Crippen molar-refractivity contribution in [3.63, 3.8) is 0 Å². The van der Waals surface area contributed by atoms with Crippen molar-refractivity contribution in [2.24, 2.45) is 11.5 Å². The Balaban J connectivity index is 1.74. The van der Waals surface area contributed by atoms with Crippen molar-refractivity contribution in [3.8, 4) is 0 Å². The van der Waals surface area contributed by atoms with E-state index in [1.54, 1.807) is 5.48 Å². The molecule has 0 saturated carbocycles. The van der Waals surface area contributed by atoms with Crippen LogP contribution in [0.15, 0.2) is 97.1 Å². The van der Waals surface area contributed by atoms with Gasteiger partial charge in [0.25, 0.3) is 5.91 Å². The SMILES string of the molecule is NCCCCCCCN(CCCCCCCN)C(=O)c1cc(CCC(=O)NO)c(CCC(O)(c2ccccc2)c2ccccc2)n1Cc1ccccc1. The first-order chi connectivity index (χ1) is 25.9. The van der Waals surface area contributed by atoms with Crippen LogP contribution in [0.1, 0.15) is 115 Å². The first-order valence-corrected chi connectivity index (χ1v) is 19.6. The van der Waals surface area contributed by atoms with Gasteiger partial charge in [-0.1, -0.05) is 130 Å². The maximum Gasteiger partial charge on any atom is 0.270 e. The zero-order chi connectivity index (χ0) is 37.7. The Morgan fingerprint density at radius 3 is 1.68 bits per heavy atom. The fraction of sp³-hybridized carbons (Fsp3) is 0.455. The predicted molar refractivity (Wildman–Crippen MR) is 213 cm³/mol. The smallest absolute Gasteiger partial charge is 0.270 e. The Morgan fingerprint density at radius 2 is 1.17 bits per heavy atom. The van der Waals surface area contributed by atoms with Gasteiger partial charge in [-0.2, -0.15) is 0 Å². The first kappa shape index (κ1) is 41.5. The van der Waals surface area contributed by atoms with Crippen molar-refractivity contribution in [1.29, 1.82) is 0 Å². The number of rotatable bonds is 25. The van der Waals surface area contributed by atoms with Crippen LogP contribution in [-0.4, -0.2) is 57.8 Å². The van der Waals surface area contributed by atoms with Gasteiger partial charge in [0.1, 0.15) is 11.3 Å². The molecule has 0 aliphatic rings. The Bertz CT molecular complexity index is 1570. The number of amides is 2. The number of carbonyl (C=O) groups is 2. The highest BCUT2D eigenvalue weighted by Crippen LogP contribution is 2.35. The minimum absolute atomic E-state index is 0.0228. The second-order valence-corrected chi connectivity index (χ2v) is 14.1. The van der Waals surface area contributed by atoms with Crippen molar-refractivity contribution >= 4 is 11.8 Å². The molecule has 0 atom stereocenters. The van der Waals surface area contributed by atoms with Crippen LogP contribution in [0.5, 0.6) is 0 Å². The maximum absolute atomic E-state index is 14.8. The molecule has 0 fully saturated rings. The zero-order valence-corrected chi connectivity index (χ0v) is 31.4. The van der Waals surface area contributed by atoms with Gasteiger partial charge < -0.3 is 26.0 Å². The first-order valence-electron chi connectivity index (χ1n) is 19.6. The molecule has 0 spiro atoms. The predicted octanol–water partition coefficient (Wildman–Crippen LogP) is 7.10. The van der Waals surface area contributed by atoms with Crippen molar-refractivity contribution in [1.82, 2.24) is 14.9 Å². The molecule has 286 valence electrons. The lowest BCUT2D eigenvalue weighted by Gasteiger charge is -2.30. The van der Waals surface area contributed by atoms with Crippen LogP contribution in [0.4, 0.5) is 0 Å². The highest BCUT2D eigenvalue weighted by Gasteiger charge is 2.33. The van der Waals surface area contributed by atoms with Crippen LogP contribution < -0.4 is 16.9 Å². The molecular formula is C44H61N5O4. The molecule has 0 aliphatic carbocycles. The third kappa shape index (κ3) is 12.7. The van der Waals surface area contributed by atoms with E-state index in [0.717, 1.165) is 92.2 Å². The number of carbonyl (C=O) groups excluding carboxylic acids is 2. The van der Waals surface area contributed by atoms with E-state index < -0.39 is 11.5 Å². The normalized spacial score (nSPS) is 11.5. The average Bonchev–Trinajstić information content (AvgIpc) is 3.54. The van der Waals surface area contributed by atoms with Crippen LogP contribution in [0, 0.1) is 0 Å². The highest BCUT2D eigenvalue weighted by atomic mass is 16.5. The molecule has 1 heterocycles. The molecule has 7 N–H and O–H groups in total. The van der Waals surface area contributed by atoms with Gasteiger partial charge in [0.2, 0.25) is 5.91 Å². The lowest BCUT2D eigenvalue weighted by atomic mass is 9.82. The Morgan fingerprint density at radius 1 is 0.679 bits per heavy atom. The fourth-order valence-corrected chi connectivity index (χ4v) is 7.20. The number of nitrogens with one attached hydrogen (secondary N) is 1. The quantitative estimate of drug-likeness (QED) is 0.0280. The molecule has 0 unspecified atom stereocenters. The molecule has 0 radical (unpaired) electrons. The molecule has 0 saturated heterocycles. The van der Waals surface area contributed by atoms with Crippen LogP contribution in [0.3, 0.4) is 0 Å². The lowest BCUT2D eigenvalue weighted by Crippen LogP contribution is -2.35. The summed E-state index contributed by atoms with van der Waals surface area (Å²) >= 11 is 0. The molecule has 3 aromatic carbocycles. The number of nitrogens with two attached hydrogens (primary N) is 2. The highest BCUT2D eigenvalue weighted by molar-refractivity contribution is 5.93. The largest absolute Gasteiger partial charge is 0.380 e. The van der Waals surface area contributed by atoms with Crippen LogP contribution >= 0.6 is 0 Å². The van der Waals surface area contributed by atoms with E-state index in [4.69, 9.17) is 11.5 Å². The van der Waals surface area contributed by atoms with E-state index in [0.29, 0.717) is 57.7 Å². The number of benzene rings is 3. The molecule has 9 heteroatoms. The third-order valence-electron chi connectivity index (χ3n) is 10.2. The van der Waals surface area contributed by atoms with Gasteiger partial charge in [-0.05, 0) is 86.4 Å². The number of aryl methyl sites for hydroxylation is 1. The Labute approximate surface area is 316 Å². The summed E-state index contributed by atoms with van der Waals surface area (Å²) in [5, 5.41) is 21.9. The Hall–Kier alpha value is -4.28. The Kier molecular flexibility index (Phi) is 17.8. The van der Waals surface area contributed by atoms with Gasteiger partial charge in [-0.3, -0.25) is 14.8 Å². The second-order valence-electron chi connectivity index (χ2n) is 14.1. The molecule has 53 heavy (non-hydrogen) atoms. The average molecular weight is 724 g/mol. The van der Waals surface area contributed by atoms with E-state index >= 15 is 0 Å². The summed E-state index contributed by atoms with van der Waals surface area (Å²) < 4.78 is 2.11. The lowest BCUT2D eigenvalue weighted by molar-refractivity contribution is -0.129. The van der Waals surface area contributed by atoms with Crippen molar-refractivity contribution in [3.05, 3.63) is 131 Å². The summed E-state index contributed by atoms with van der Waals surface area (Å²) in [5.41, 5.74) is 16.9. The van der Waals surface area contributed by atoms with Gasteiger partial charge in [0, 0.05) is 31.7 Å². The molecule has 0 aliphatic heterocycles. The topological polar surface area (TPSA) is 147 Å². The van der Waals surface area contributed by atoms with Crippen molar-refractivity contribution in [2.75, 3.05) is 26.2 Å². The molecule has 1 aromatic heterocycles. The van der Waals surface area contributed by atoms with Crippen LogP contribution in [0.2, 0.25) is 0 Å². The number of hydrogen-bond acceptors (Lipinski definition) is 6. The van der Waals surface area contributed by atoms with Crippen molar-refractivity contribution < 1.29 is 19.9 Å². The fourth-order valence-electron chi connectivity index (χ4n) is 7.20. The molecule has 4 aromatic rings. The van der Waals surface area contributed by atoms with Gasteiger partial charge in [-0.25, -0.2) is 5.48 Å². The number of hydroxylamine groups is 1. The molecule has 4 rings (SSSR count). The molecule has 9 nitrogen and oxygen atoms in total. The molecular weight excluding hydrogens is 663 g/mol. The zero-order valence-electron chi connectivity index (χ0n) is 31.4. The molecule has 0 bridgehead atoms. The summed E-state index contributed by atoms with van der Waals surface area (Å²) in [7, 11) is 0. The number of aromatic nitrogens is 1. The van der Waals surface area contributed by atoms with E-state index in [1.165, 1.54) is 0 Å². The monoisotopic (exact) mass is 723 g/mol. The second kappa shape index (κ2) is 22.7. The maximum atomic E-state index is 14.8. The van der Waals surface area contributed by atoms with E-state index in [1.807, 2.05) is 89.8 Å². The number of nitrogens with zero attached hydrogens (tertiary/aromatic N) is 2. The van der Waals surface area contributed by atoms with Gasteiger partial charge in [0.05, 0.1) is 0 Å². The summed E-state index contributed by atoms with van der Waals surface area (Å²) in [4.78, 5) is 29.1. The summed E-state index contributed by atoms with van der Waals surface area (Å²) in [5.74, 6) is -0.513. The summed E-state index contributed by atoms with van der Waals surface area (Å²) in [6.45, 7) is 3.20. The standard InChI is InChI=1S/C44H61N5O4/c45-30-16-3-1-5-18-32-48(33-19-6-2-4-17-31-46)43(51)41-34-37(26-27-42(50)47-53)40(49(41)35-36-20-10-7-11-21-36)28-29-44(52,38-22-12-8-13-23-38)39-24-14-9-15-25-39/h7-15,20-25,34,52-53H,1-6,16-19,26-33,35,45-46H2,(H,47,50). The number of aliphatic hydroxyl groups is 1. The van der Waals surface area contributed by atoms with Gasteiger partial charge in [0.15, 0.2) is 0 Å². The van der Waals surface area contributed by atoms with Crippen molar-refractivity contribution in [2.45, 2.75) is 102 Å². The minimum atomic E-state index is -1.30. The van der Waals surface area contributed by atoms with Crippen LogP contribution in [0.25, 0.3) is 0 Å². The molecule has 2 amide bonds. The van der Waals surface area contributed by atoms with E-state index in [-0.39, 0.29) is 12.3 Å². The minimum Gasteiger partial charge on any atom is -0.380 e. The summed E-state index contributed by atoms with van der Waals surface area (Å²) in [6.07, 6.45) is 11.5. The summed E-state index contributed by atoms with van der Waals surface area (Å²) in [6, 6.07) is 31.4. The van der Waals surface area contributed by atoms with E-state index in [2.05, 4.69) is 16.7 Å². The van der Waals surface area contributed by atoms with Gasteiger partial charge >= 0.3 is 0 Å². The van der Waals surface area contributed by atoms with Gasteiger partial charge in [-0.15, -0.1) is 0 Å². The third-order valence-corrected chi connectivity index (χ3v) is 10.2. The number of unbranched alkanes of at least 4 members (excludes halogenated alkanes) is 8. The van der Waals surface area contributed by atoms with E-state index in [9.17, 15) is 19.9 Å².